The van der Waals surface area contributed by atoms with Gasteiger partial charge in [-0.1, -0.05) is 31.4 Å². The summed E-state index contributed by atoms with van der Waals surface area (Å²) in [5, 5.41) is -0.454. The van der Waals surface area contributed by atoms with Crippen molar-refractivity contribution in [2.45, 2.75) is 32.1 Å². The predicted octanol–water partition coefficient (Wildman–Crippen LogP) is 4.02. The molecular formula is C14H17ClO2. The summed E-state index contributed by atoms with van der Waals surface area (Å²) in [5.41, 5.74) is 0.463. The van der Waals surface area contributed by atoms with Crippen LogP contribution in [0.25, 0.3) is 0 Å². The van der Waals surface area contributed by atoms with E-state index in [0.717, 1.165) is 0 Å². The first-order valence-corrected chi connectivity index (χ1v) is 6.57. The van der Waals surface area contributed by atoms with Gasteiger partial charge in [-0.25, -0.2) is 0 Å². The minimum absolute atomic E-state index is 0.454. The van der Waals surface area contributed by atoms with Crippen molar-refractivity contribution < 1.29 is 9.53 Å². The lowest BCUT2D eigenvalue weighted by Crippen LogP contribution is -2.16. The van der Waals surface area contributed by atoms with Crippen molar-refractivity contribution in [3.8, 4) is 5.75 Å². The number of rotatable bonds is 4. The first-order chi connectivity index (χ1) is 8.27. The topological polar surface area (TPSA) is 26.3 Å². The normalized spacial score (nSPS) is 16.8. The molecule has 92 valence electrons. The minimum atomic E-state index is -0.454. The van der Waals surface area contributed by atoms with Crippen LogP contribution in [0.4, 0.5) is 0 Å². The smallest absolute Gasteiger partial charge is 0.256 e. The fourth-order valence-electron chi connectivity index (χ4n) is 2.32. The summed E-state index contributed by atoms with van der Waals surface area (Å²) in [6, 6.07) is 7.16. The molecule has 17 heavy (non-hydrogen) atoms. The van der Waals surface area contributed by atoms with Crippen LogP contribution >= 0.6 is 11.6 Å². The summed E-state index contributed by atoms with van der Waals surface area (Å²) in [6.45, 7) is 0.696. The second-order valence-electron chi connectivity index (χ2n) is 4.58. The Balaban J connectivity index is 1.96. The highest BCUT2D eigenvalue weighted by atomic mass is 35.5. The van der Waals surface area contributed by atoms with Crippen LogP contribution in [0.5, 0.6) is 5.75 Å². The third kappa shape index (κ3) is 3.47. The molecule has 1 aromatic carbocycles. The van der Waals surface area contributed by atoms with E-state index in [0.29, 0.717) is 23.8 Å². The average Bonchev–Trinajstić information content (AvgIpc) is 2.38. The highest BCUT2D eigenvalue weighted by Gasteiger charge is 2.15. The van der Waals surface area contributed by atoms with Crippen LogP contribution < -0.4 is 4.74 Å². The second-order valence-corrected chi connectivity index (χ2v) is 4.93. The molecular weight excluding hydrogens is 236 g/mol. The standard InChI is InChI=1S/C14H17ClO2/c15-14(16)12-8-4-5-9-13(12)17-10-11-6-2-1-3-7-11/h4-5,8-9,11H,1-3,6-7,10H2. The van der Waals surface area contributed by atoms with Gasteiger partial charge in [-0.2, -0.15) is 0 Å². The molecule has 2 rings (SSSR count). The lowest BCUT2D eigenvalue weighted by molar-refractivity contribution is 0.107. The summed E-state index contributed by atoms with van der Waals surface area (Å²) in [5.74, 6) is 1.24. The maximum Gasteiger partial charge on any atom is 0.256 e. The molecule has 0 bridgehead atoms. The van der Waals surface area contributed by atoms with E-state index >= 15 is 0 Å². The van der Waals surface area contributed by atoms with Crippen LogP contribution in [0.2, 0.25) is 0 Å². The van der Waals surface area contributed by atoms with Gasteiger partial charge in [-0.15, -0.1) is 0 Å². The molecule has 0 saturated heterocycles. The third-order valence-electron chi connectivity index (χ3n) is 3.30. The van der Waals surface area contributed by atoms with E-state index in [4.69, 9.17) is 16.3 Å². The fraction of sp³-hybridized carbons (Fsp3) is 0.500. The highest BCUT2D eigenvalue weighted by Crippen LogP contribution is 2.26. The summed E-state index contributed by atoms with van der Waals surface area (Å²) >= 11 is 5.51. The van der Waals surface area contributed by atoms with Gasteiger partial charge in [0.25, 0.3) is 5.24 Å². The van der Waals surface area contributed by atoms with Crippen LogP contribution in [0, 0.1) is 5.92 Å². The molecule has 2 nitrogen and oxygen atoms in total. The lowest BCUT2D eigenvalue weighted by Gasteiger charge is -2.22. The van der Waals surface area contributed by atoms with Crippen LogP contribution in [-0.4, -0.2) is 11.8 Å². The van der Waals surface area contributed by atoms with Crippen molar-refractivity contribution in [3.05, 3.63) is 29.8 Å². The monoisotopic (exact) mass is 252 g/mol. The second kappa shape index (κ2) is 6.06. The van der Waals surface area contributed by atoms with Gasteiger partial charge >= 0.3 is 0 Å². The van der Waals surface area contributed by atoms with Crippen molar-refractivity contribution in [3.63, 3.8) is 0 Å². The van der Waals surface area contributed by atoms with Gasteiger partial charge in [0.2, 0.25) is 0 Å². The first kappa shape index (κ1) is 12.4. The molecule has 1 fully saturated rings. The molecule has 0 N–H and O–H groups in total. The zero-order valence-electron chi connectivity index (χ0n) is 9.82. The number of carbonyl (C=O) groups is 1. The zero-order valence-corrected chi connectivity index (χ0v) is 10.6. The van der Waals surface area contributed by atoms with Crippen molar-refractivity contribution in [1.82, 2.24) is 0 Å². The van der Waals surface area contributed by atoms with E-state index in [1.54, 1.807) is 18.2 Å². The Morgan fingerprint density at radius 1 is 1.24 bits per heavy atom. The van der Waals surface area contributed by atoms with Crippen LogP contribution in [0.1, 0.15) is 42.5 Å². The Kier molecular flexibility index (Phi) is 4.43. The highest BCUT2D eigenvalue weighted by molar-refractivity contribution is 6.68. The van der Waals surface area contributed by atoms with Crippen LogP contribution in [0.3, 0.4) is 0 Å². The average molecular weight is 253 g/mol. The van der Waals surface area contributed by atoms with Crippen molar-refractivity contribution in [1.29, 1.82) is 0 Å². The van der Waals surface area contributed by atoms with E-state index in [1.807, 2.05) is 6.07 Å². The number of halogens is 1. The number of carbonyl (C=O) groups excluding carboxylic acids is 1. The maximum absolute atomic E-state index is 11.2. The van der Waals surface area contributed by atoms with Crippen molar-refractivity contribution >= 4 is 16.8 Å². The summed E-state index contributed by atoms with van der Waals surface area (Å²) in [7, 11) is 0. The first-order valence-electron chi connectivity index (χ1n) is 6.19. The van der Waals surface area contributed by atoms with Crippen LogP contribution in [0.15, 0.2) is 24.3 Å². The predicted molar refractivity (Wildman–Crippen MR) is 68.7 cm³/mol. The molecule has 0 spiro atoms. The van der Waals surface area contributed by atoms with E-state index in [1.165, 1.54) is 32.1 Å². The van der Waals surface area contributed by atoms with Gasteiger partial charge in [0.05, 0.1) is 12.2 Å². The Bertz CT molecular complexity index is 384. The van der Waals surface area contributed by atoms with Crippen molar-refractivity contribution in [2.24, 2.45) is 5.92 Å². The molecule has 0 aliphatic heterocycles. The molecule has 0 atom stereocenters. The van der Waals surface area contributed by atoms with E-state index in [-0.39, 0.29) is 0 Å². The third-order valence-corrected chi connectivity index (χ3v) is 3.50. The summed E-state index contributed by atoms with van der Waals surface area (Å²) in [6.07, 6.45) is 6.40. The number of ether oxygens (including phenoxy) is 1. The largest absolute Gasteiger partial charge is 0.492 e. The molecule has 1 aliphatic carbocycles. The molecule has 0 unspecified atom stereocenters. The molecule has 1 saturated carbocycles. The minimum Gasteiger partial charge on any atom is -0.492 e. The molecule has 0 aromatic heterocycles. The van der Waals surface area contributed by atoms with Gasteiger partial charge in [-0.3, -0.25) is 4.79 Å². The zero-order chi connectivity index (χ0) is 12.1. The summed E-state index contributed by atoms with van der Waals surface area (Å²) < 4.78 is 5.73. The van der Waals surface area contributed by atoms with E-state index in [9.17, 15) is 4.79 Å². The fourth-order valence-corrected chi connectivity index (χ4v) is 2.47. The van der Waals surface area contributed by atoms with Gasteiger partial charge in [0.1, 0.15) is 5.75 Å². The number of para-hydroxylation sites is 1. The summed E-state index contributed by atoms with van der Waals surface area (Å²) in [4.78, 5) is 11.2. The number of hydrogen-bond acceptors (Lipinski definition) is 2. The number of hydrogen-bond donors (Lipinski definition) is 0. The Labute approximate surface area is 107 Å². The molecule has 3 heteroatoms. The molecule has 0 heterocycles. The van der Waals surface area contributed by atoms with Gasteiger partial charge < -0.3 is 4.74 Å². The van der Waals surface area contributed by atoms with Crippen molar-refractivity contribution in [2.75, 3.05) is 6.61 Å². The Morgan fingerprint density at radius 3 is 2.65 bits per heavy atom. The number of benzene rings is 1. The Hall–Kier alpha value is -1.02. The van der Waals surface area contributed by atoms with Gasteiger partial charge in [0.15, 0.2) is 0 Å². The molecule has 1 aromatic rings. The lowest BCUT2D eigenvalue weighted by atomic mass is 9.90. The maximum atomic E-state index is 11.2. The Morgan fingerprint density at radius 2 is 1.94 bits per heavy atom. The van der Waals surface area contributed by atoms with Gasteiger partial charge in [0, 0.05) is 0 Å². The molecule has 0 amide bonds. The molecule has 0 radical (unpaired) electrons. The SMILES string of the molecule is O=C(Cl)c1ccccc1OCC1CCCCC1. The quantitative estimate of drug-likeness (QED) is 0.757. The molecule has 1 aliphatic rings. The van der Waals surface area contributed by atoms with E-state index < -0.39 is 5.24 Å². The van der Waals surface area contributed by atoms with Gasteiger partial charge in [-0.05, 0) is 42.5 Å². The van der Waals surface area contributed by atoms with E-state index in [2.05, 4.69) is 0 Å². The van der Waals surface area contributed by atoms with Crippen LogP contribution in [-0.2, 0) is 0 Å².